The van der Waals surface area contributed by atoms with Crippen molar-refractivity contribution in [3.8, 4) is 0 Å². The Morgan fingerprint density at radius 2 is 2.06 bits per heavy atom. The van der Waals surface area contributed by atoms with Crippen molar-refractivity contribution in [1.29, 1.82) is 0 Å². The molecule has 0 spiro atoms. The molecule has 1 heterocycles. The highest BCUT2D eigenvalue weighted by Crippen LogP contribution is 2.15. The van der Waals surface area contributed by atoms with Gasteiger partial charge < -0.3 is 0 Å². The molecular weight excluding hydrogens is 240 g/mol. The molecule has 0 saturated heterocycles. The Morgan fingerprint density at radius 3 is 2.78 bits per heavy atom. The summed E-state index contributed by atoms with van der Waals surface area (Å²) in [4.78, 5) is 13.3. The number of hydrogen-bond acceptors (Lipinski definition) is 2. The molecule has 2 rings (SSSR count). The highest BCUT2D eigenvalue weighted by Gasteiger charge is 2.07. The van der Waals surface area contributed by atoms with Crippen LogP contribution in [0.4, 0.5) is 0 Å². The zero-order valence-corrected chi connectivity index (χ0v) is 11.7. The first-order chi connectivity index (χ1) is 8.65. The van der Waals surface area contributed by atoms with Crippen LogP contribution in [-0.4, -0.2) is 5.78 Å². The minimum atomic E-state index is 0.331. The third-order valence-corrected chi connectivity index (χ3v) is 4.06. The summed E-state index contributed by atoms with van der Waals surface area (Å²) in [5.41, 5.74) is 3.61. The first-order valence-corrected chi connectivity index (χ1v) is 7.13. The van der Waals surface area contributed by atoms with Gasteiger partial charge in [0.15, 0.2) is 0 Å². The molecule has 0 saturated carbocycles. The predicted molar refractivity (Wildman–Crippen MR) is 77.3 cm³/mol. The van der Waals surface area contributed by atoms with Crippen LogP contribution < -0.4 is 0 Å². The summed E-state index contributed by atoms with van der Waals surface area (Å²) in [5, 5.41) is 2.06. The average Bonchev–Trinajstić information content (AvgIpc) is 2.84. The number of carbonyl (C=O) groups is 1. The van der Waals surface area contributed by atoms with Crippen LogP contribution in [0.5, 0.6) is 0 Å². The summed E-state index contributed by atoms with van der Waals surface area (Å²) < 4.78 is 0. The van der Waals surface area contributed by atoms with Crippen LogP contribution in [0.25, 0.3) is 0 Å². The van der Waals surface area contributed by atoms with Crippen molar-refractivity contribution in [2.45, 2.75) is 33.1 Å². The highest BCUT2D eigenvalue weighted by molar-refractivity contribution is 7.09. The van der Waals surface area contributed by atoms with E-state index in [0.29, 0.717) is 18.6 Å². The molecular formula is C16H18OS. The average molecular weight is 258 g/mol. The first kappa shape index (κ1) is 13.0. The fourth-order valence-electron chi connectivity index (χ4n) is 2.01. The maximum Gasteiger partial charge on any atom is 0.137 e. The van der Waals surface area contributed by atoms with E-state index in [2.05, 4.69) is 43.5 Å². The molecule has 2 aromatic rings. The number of thiophene rings is 1. The molecule has 0 aliphatic heterocycles. The van der Waals surface area contributed by atoms with Crippen LogP contribution in [-0.2, 0) is 17.6 Å². The van der Waals surface area contributed by atoms with Crippen LogP contribution >= 0.6 is 11.3 Å². The standard InChI is InChI=1S/C16H18OS/c1-12-5-6-13(2)14(10-12)11-15(17)7-8-16-4-3-9-18-16/h3-6,9-10H,7-8,11H2,1-2H3. The monoisotopic (exact) mass is 258 g/mol. The Hall–Kier alpha value is -1.41. The summed E-state index contributed by atoms with van der Waals surface area (Å²) in [6.45, 7) is 4.14. The van der Waals surface area contributed by atoms with Crippen molar-refractivity contribution in [2.24, 2.45) is 0 Å². The minimum Gasteiger partial charge on any atom is -0.299 e. The van der Waals surface area contributed by atoms with Crippen LogP contribution in [0.1, 0.15) is 28.0 Å². The fraction of sp³-hybridized carbons (Fsp3) is 0.312. The molecule has 0 amide bonds. The van der Waals surface area contributed by atoms with Crippen LogP contribution in [0.2, 0.25) is 0 Å². The molecule has 2 heteroatoms. The summed E-state index contributed by atoms with van der Waals surface area (Å²) in [6, 6.07) is 10.4. The van der Waals surface area contributed by atoms with Gasteiger partial charge in [-0.2, -0.15) is 0 Å². The van der Waals surface area contributed by atoms with Gasteiger partial charge in [0.1, 0.15) is 5.78 Å². The molecule has 0 aliphatic rings. The highest BCUT2D eigenvalue weighted by atomic mass is 32.1. The largest absolute Gasteiger partial charge is 0.299 e. The van der Waals surface area contributed by atoms with Gasteiger partial charge in [0.05, 0.1) is 0 Å². The second-order valence-corrected chi connectivity index (χ2v) is 5.76. The lowest BCUT2D eigenvalue weighted by Gasteiger charge is -2.06. The quantitative estimate of drug-likeness (QED) is 0.788. The number of ketones is 1. The molecule has 94 valence electrons. The summed E-state index contributed by atoms with van der Waals surface area (Å²) in [5.74, 6) is 0.331. The molecule has 0 aliphatic carbocycles. The predicted octanol–water partition coefficient (Wildman–Crippen LogP) is 4.11. The molecule has 1 nitrogen and oxygen atoms in total. The Morgan fingerprint density at radius 1 is 1.22 bits per heavy atom. The number of aryl methyl sites for hydroxylation is 3. The Balaban J connectivity index is 1.92. The molecule has 1 aromatic heterocycles. The van der Waals surface area contributed by atoms with E-state index in [9.17, 15) is 4.79 Å². The van der Waals surface area contributed by atoms with Gasteiger partial charge in [0.25, 0.3) is 0 Å². The lowest BCUT2D eigenvalue weighted by molar-refractivity contribution is -0.118. The second-order valence-electron chi connectivity index (χ2n) is 4.72. The van der Waals surface area contributed by atoms with E-state index >= 15 is 0 Å². The van der Waals surface area contributed by atoms with Crippen LogP contribution in [0.15, 0.2) is 35.7 Å². The van der Waals surface area contributed by atoms with Gasteiger partial charge in [0, 0.05) is 17.7 Å². The van der Waals surface area contributed by atoms with Crippen molar-refractivity contribution < 1.29 is 4.79 Å². The van der Waals surface area contributed by atoms with Gasteiger partial charge in [-0.3, -0.25) is 4.79 Å². The normalized spacial score (nSPS) is 10.6. The topological polar surface area (TPSA) is 17.1 Å². The SMILES string of the molecule is Cc1ccc(C)c(CC(=O)CCc2cccs2)c1. The van der Waals surface area contributed by atoms with Crippen molar-refractivity contribution in [1.82, 2.24) is 0 Å². The van der Waals surface area contributed by atoms with Gasteiger partial charge in [-0.15, -0.1) is 11.3 Å². The minimum absolute atomic E-state index is 0.331. The van der Waals surface area contributed by atoms with Crippen molar-refractivity contribution in [3.63, 3.8) is 0 Å². The third-order valence-electron chi connectivity index (χ3n) is 3.12. The summed E-state index contributed by atoms with van der Waals surface area (Å²) >= 11 is 1.72. The number of carbonyl (C=O) groups excluding carboxylic acids is 1. The second kappa shape index (κ2) is 5.96. The van der Waals surface area contributed by atoms with Crippen molar-refractivity contribution in [2.75, 3.05) is 0 Å². The molecule has 1 aromatic carbocycles. The molecule has 0 N–H and O–H groups in total. The smallest absolute Gasteiger partial charge is 0.137 e. The molecule has 18 heavy (non-hydrogen) atoms. The molecule has 0 fully saturated rings. The fourth-order valence-corrected chi connectivity index (χ4v) is 2.72. The van der Waals surface area contributed by atoms with Crippen molar-refractivity contribution in [3.05, 3.63) is 57.3 Å². The van der Waals surface area contributed by atoms with E-state index in [1.807, 2.05) is 6.07 Å². The van der Waals surface area contributed by atoms with E-state index in [4.69, 9.17) is 0 Å². The summed E-state index contributed by atoms with van der Waals surface area (Å²) in [7, 11) is 0. The Kier molecular flexibility index (Phi) is 4.32. The zero-order valence-electron chi connectivity index (χ0n) is 10.9. The maximum atomic E-state index is 12.0. The first-order valence-electron chi connectivity index (χ1n) is 6.25. The van der Waals surface area contributed by atoms with E-state index in [-0.39, 0.29) is 0 Å². The molecule has 0 atom stereocenters. The van der Waals surface area contributed by atoms with Crippen LogP contribution in [0.3, 0.4) is 0 Å². The van der Waals surface area contributed by atoms with E-state index < -0.39 is 0 Å². The Labute approximate surface area is 112 Å². The zero-order chi connectivity index (χ0) is 13.0. The van der Waals surface area contributed by atoms with Gasteiger partial charge in [-0.05, 0) is 42.8 Å². The molecule has 0 unspecified atom stereocenters. The van der Waals surface area contributed by atoms with Crippen molar-refractivity contribution >= 4 is 17.1 Å². The molecule has 0 radical (unpaired) electrons. The maximum absolute atomic E-state index is 12.0. The number of rotatable bonds is 5. The van der Waals surface area contributed by atoms with E-state index in [1.165, 1.54) is 21.6 Å². The van der Waals surface area contributed by atoms with E-state index in [1.54, 1.807) is 11.3 Å². The summed E-state index contributed by atoms with van der Waals surface area (Å²) in [6.07, 6.45) is 2.09. The number of benzene rings is 1. The van der Waals surface area contributed by atoms with E-state index in [0.717, 1.165) is 6.42 Å². The lowest BCUT2D eigenvalue weighted by Crippen LogP contribution is -2.05. The van der Waals surface area contributed by atoms with Gasteiger partial charge >= 0.3 is 0 Å². The third kappa shape index (κ3) is 3.54. The van der Waals surface area contributed by atoms with Crippen LogP contribution in [0, 0.1) is 13.8 Å². The van der Waals surface area contributed by atoms with Gasteiger partial charge in [-0.25, -0.2) is 0 Å². The molecule has 0 bridgehead atoms. The number of hydrogen-bond donors (Lipinski definition) is 0. The van der Waals surface area contributed by atoms with Gasteiger partial charge in [0.2, 0.25) is 0 Å². The number of Topliss-reactive ketones (excluding diaryl/α,β-unsaturated/α-hetero) is 1. The lowest BCUT2D eigenvalue weighted by atomic mass is 9.99. The van der Waals surface area contributed by atoms with Gasteiger partial charge in [-0.1, -0.05) is 29.8 Å². The Bertz CT molecular complexity index is 526.